The number of nitriles is 1. The van der Waals surface area contributed by atoms with Crippen molar-refractivity contribution in [1.82, 2.24) is 5.32 Å². The zero-order chi connectivity index (χ0) is 19.2. The Balaban J connectivity index is 2.59. The van der Waals surface area contributed by atoms with Gasteiger partial charge in [-0.15, -0.1) is 0 Å². The van der Waals surface area contributed by atoms with Gasteiger partial charge in [0.15, 0.2) is 0 Å². The van der Waals surface area contributed by atoms with E-state index in [0.29, 0.717) is 0 Å². The van der Waals surface area contributed by atoms with Gasteiger partial charge in [0, 0.05) is 12.6 Å². The highest BCUT2D eigenvalue weighted by Gasteiger charge is 2.55. The molecule has 0 radical (unpaired) electrons. The number of carbonyl (C=O) groups excluding carboxylic acids is 2. The summed E-state index contributed by atoms with van der Waals surface area (Å²) >= 11 is 0. The number of rotatable bonds is 1. The molecule has 9 heteroatoms. The first kappa shape index (κ1) is 18.6. The zero-order valence-electron chi connectivity index (χ0n) is 14.0. The van der Waals surface area contributed by atoms with E-state index >= 15 is 0 Å². The average Bonchev–Trinajstić information content (AvgIpc) is 2.67. The summed E-state index contributed by atoms with van der Waals surface area (Å²) in [4.78, 5) is 25.3. The summed E-state index contributed by atoms with van der Waals surface area (Å²) in [5.74, 6) is -0.993. The van der Waals surface area contributed by atoms with Crippen LogP contribution in [0.25, 0.3) is 0 Å². The van der Waals surface area contributed by atoms with E-state index in [4.69, 9.17) is 4.74 Å². The Labute approximate surface area is 142 Å². The number of para-hydroxylation sites is 1. The zero-order valence-corrected chi connectivity index (χ0v) is 14.0. The van der Waals surface area contributed by atoms with Crippen LogP contribution < -0.4 is 10.2 Å². The largest absolute Gasteiger partial charge is 0.444 e. The molecular formula is C16H16F3N3O3. The van der Waals surface area contributed by atoms with Gasteiger partial charge in [-0.05, 0) is 26.8 Å². The summed E-state index contributed by atoms with van der Waals surface area (Å²) in [5.41, 5.74) is -4.97. The van der Waals surface area contributed by atoms with Crippen LogP contribution in [0.5, 0.6) is 0 Å². The van der Waals surface area contributed by atoms with Gasteiger partial charge in [0.1, 0.15) is 11.7 Å². The minimum atomic E-state index is -4.72. The number of amides is 2. The first-order valence-electron chi connectivity index (χ1n) is 7.25. The van der Waals surface area contributed by atoms with Gasteiger partial charge < -0.3 is 9.64 Å². The number of anilines is 1. The third-order valence-electron chi connectivity index (χ3n) is 3.56. The second kappa shape index (κ2) is 5.65. The van der Waals surface area contributed by atoms with Gasteiger partial charge in [-0.2, -0.15) is 18.4 Å². The molecule has 1 aliphatic rings. The second-order valence-electron chi connectivity index (χ2n) is 6.55. The Morgan fingerprint density at radius 3 is 2.40 bits per heavy atom. The van der Waals surface area contributed by atoms with Gasteiger partial charge in [-0.3, -0.25) is 10.1 Å². The fourth-order valence-electron chi connectivity index (χ4n) is 2.62. The molecule has 6 nitrogen and oxygen atoms in total. The van der Waals surface area contributed by atoms with Crippen LogP contribution in [-0.2, 0) is 21.2 Å². The molecule has 2 amide bonds. The number of ether oxygens (including phenoxy) is 1. The second-order valence-corrected chi connectivity index (χ2v) is 6.55. The van der Waals surface area contributed by atoms with E-state index in [1.807, 2.05) is 0 Å². The molecule has 1 unspecified atom stereocenters. The Morgan fingerprint density at radius 2 is 1.92 bits per heavy atom. The maximum absolute atomic E-state index is 13.3. The van der Waals surface area contributed by atoms with Crippen molar-refractivity contribution in [3.05, 3.63) is 29.3 Å². The SMILES string of the molecule is CN1C(=O)C(C#N)(NC(=O)OC(C)(C)C)c2cccc(C(F)(F)F)c21. The smallest absolute Gasteiger partial charge is 0.418 e. The molecule has 0 aliphatic carbocycles. The fraction of sp³-hybridized carbons (Fsp3) is 0.438. The van der Waals surface area contributed by atoms with E-state index in [0.717, 1.165) is 24.1 Å². The summed E-state index contributed by atoms with van der Waals surface area (Å²) in [6, 6.07) is 4.73. The summed E-state index contributed by atoms with van der Waals surface area (Å²) in [6.07, 6.45) is -5.81. The lowest BCUT2D eigenvalue weighted by Gasteiger charge is -2.25. The van der Waals surface area contributed by atoms with Gasteiger partial charge >= 0.3 is 12.3 Å². The Bertz CT molecular complexity index is 778. The Hall–Kier alpha value is -2.76. The van der Waals surface area contributed by atoms with Gasteiger partial charge in [-0.1, -0.05) is 12.1 Å². The van der Waals surface area contributed by atoms with Crippen LogP contribution in [0, 0.1) is 11.3 Å². The van der Waals surface area contributed by atoms with Crippen molar-refractivity contribution in [1.29, 1.82) is 5.26 Å². The van der Waals surface area contributed by atoms with Crippen LogP contribution in [0.15, 0.2) is 18.2 Å². The first-order valence-corrected chi connectivity index (χ1v) is 7.25. The minimum Gasteiger partial charge on any atom is -0.444 e. The summed E-state index contributed by atoms with van der Waals surface area (Å²) in [7, 11) is 1.12. The van der Waals surface area contributed by atoms with E-state index < -0.39 is 40.6 Å². The molecule has 0 aromatic heterocycles. The molecular weight excluding hydrogens is 339 g/mol. The van der Waals surface area contributed by atoms with E-state index in [9.17, 15) is 28.0 Å². The standard InChI is InChI=1S/C16H16F3N3O3/c1-14(2,3)25-13(24)21-15(8-20)9-6-5-7-10(16(17,18)19)11(9)22(4)12(15)23/h5-7H,1-4H3,(H,21,24). The molecule has 0 fully saturated rings. The normalized spacial score (nSPS) is 20.1. The van der Waals surface area contributed by atoms with Crippen molar-refractivity contribution < 1.29 is 27.5 Å². The molecule has 1 aromatic rings. The lowest BCUT2D eigenvalue weighted by atomic mass is 9.91. The van der Waals surface area contributed by atoms with Crippen molar-refractivity contribution >= 4 is 17.7 Å². The van der Waals surface area contributed by atoms with Gasteiger partial charge in [-0.25, -0.2) is 4.79 Å². The molecule has 1 N–H and O–H groups in total. The van der Waals surface area contributed by atoms with E-state index in [2.05, 4.69) is 5.32 Å². The number of alkyl halides is 3. The molecule has 0 saturated heterocycles. The van der Waals surface area contributed by atoms with Crippen molar-refractivity contribution in [2.24, 2.45) is 0 Å². The number of fused-ring (bicyclic) bond motifs is 1. The van der Waals surface area contributed by atoms with E-state index in [1.54, 1.807) is 26.8 Å². The van der Waals surface area contributed by atoms with Crippen LogP contribution >= 0.6 is 0 Å². The van der Waals surface area contributed by atoms with Crippen LogP contribution in [0.4, 0.5) is 23.7 Å². The van der Waals surface area contributed by atoms with Crippen molar-refractivity contribution in [2.45, 2.75) is 38.1 Å². The number of hydrogen-bond donors (Lipinski definition) is 1. The van der Waals surface area contributed by atoms with Gasteiger partial charge in [0.25, 0.3) is 5.91 Å². The number of likely N-dealkylation sites (N-methyl/N-ethyl adjacent to an activating group) is 1. The molecule has 134 valence electrons. The van der Waals surface area contributed by atoms with E-state index in [-0.39, 0.29) is 5.56 Å². The number of alkyl carbamates (subject to hydrolysis) is 1. The molecule has 1 atom stereocenters. The van der Waals surface area contributed by atoms with Gasteiger partial charge in [0.2, 0.25) is 5.54 Å². The molecule has 0 saturated carbocycles. The van der Waals surface area contributed by atoms with Gasteiger partial charge in [0.05, 0.1) is 11.3 Å². The molecule has 1 heterocycles. The third kappa shape index (κ3) is 3.12. The highest BCUT2D eigenvalue weighted by molar-refractivity contribution is 6.11. The quantitative estimate of drug-likeness (QED) is 0.840. The molecule has 2 rings (SSSR count). The minimum absolute atomic E-state index is 0.247. The fourth-order valence-corrected chi connectivity index (χ4v) is 2.62. The van der Waals surface area contributed by atoms with Crippen molar-refractivity contribution in [3.8, 4) is 6.07 Å². The molecule has 25 heavy (non-hydrogen) atoms. The predicted molar refractivity (Wildman–Crippen MR) is 81.5 cm³/mol. The number of halogens is 3. The molecule has 1 aliphatic heterocycles. The summed E-state index contributed by atoms with van der Waals surface area (Å²) in [6.45, 7) is 4.72. The highest BCUT2D eigenvalue weighted by Crippen LogP contribution is 2.46. The van der Waals surface area contributed by atoms with Crippen LogP contribution in [0.1, 0.15) is 31.9 Å². The number of benzene rings is 1. The predicted octanol–water partition coefficient (Wildman–Crippen LogP) is 2.93. The van der Waals surface area contributed by atoms with E-state index in [1.165, 1.54) is 6.07 Å². The average molecular weight is 355 g/mol. The van der Waals surface area contributed by atoms with Crippen molar-refractivity contribution in [2.75, 3.05) is 11.9 Å². The topological polar surface area (TPSA) is 82.4 Å². The van der Waals surface area contributed by atoms with Crippen LogP contribution in [0.3, 0.4) is 0 Å². The number of nitrogens with zero attached hydrogens (tertiary/aromatic N) is 2. The maximum atomic E-state index is 13.3. The Morgan fingerprint density at radius 1 is 1.32 bits per heavy atom. The molecule has 1 aromatic carbocycles. The summed E-state index contributed by atoms with van der Waals surface area (Å²) in [5, 5.41) is 11.7. The monoisotopic (exact) mass is 355 g/mol. The number of hydrogen-bond acceptors (Lipinski definition) is 4. The first-order chi connectivity index (χ1) is 11.3. The number of carbonyl (C=O) groups is 2. The maximum Gasteiger partial charge on any atom is 0.418 e. The summed E-state index contributed by atoms with van der Waals surface area (Å²) < 4.78 is 44.8. The highest BCUT2D eigenvalue weighted by atomic mass is 19.4. The lowest BCUT2D eigenvalue weighted by Crippen LogP contribution is -2.52. The molecule has 0 bridgehead atoms. The van der Waals surface area contributed by atoms with Crippen molar-refractivity contribution in [3.63, 3.8) is 0 Å². The van der Waals surface area contributed by atoms with Crippen LogP contribution in [0.2, 0.25) is 0 Å². The lowest BCUT2D eigenvalue weighted by molar-refractivity contribution is -0.137. The van der Waals surface area contributed by atoms with Crippen LogP contribution in [-0.4, -0.2) is 24.6 Å². The third-order valence-corrected chi connectivity index (χ3v) is 3.56. The Kier molecular flexibility index (Phi) is 4.20. The molecule has 0 spiro atoms. The number of nitrogens with one attached hydrogen (secondary N) is 1.